The summed E-state index contributed by atoms with van der Waals surface area (Å²) in [5, 5.41) is 3.04. The zero-order chi connectivity index (χ0) is 12.0. The lowest BCUT2D eigenvalue weighted by Gasteiger charge is -2.29. The van der Waals surface area contributed by atoms with Gasteiger partial charge in [-0.3, -0.25) is 4.79 Å². The Morgan fingerprint density at radius 1 is 1.50 bits per heavy atom. The zero-order valence-electron chi connectivity index (χ0n) is 10.4. The van der Waals surface area contributed by atoms with Gasteiger partial charge in [0.25, 0.3) is 0 Å². The molecular weight excluding hydrogens is 204 g/mol. The molecule has 0 heterocycles. The zero-order valence-corrected chi connectivity index (χ0v) is 10.4. The van der Waals surface area contributed by atoms with Gasteiger partial charge < -0.3 is 15.8 Å². The fraction of sp³-hybridized carbons (Fsp3) is 0.917. The molecule has 1 aliphatic carbocycles. The summed E-state index contributed by atoms with van der Waals surface area (Å²) in [6.45, 7) is 2.65. The summed E-state index contributed by atoms with van der Waals surface area (Å²) >= 11 is 0. The van der Waals surface area contributed by atoms with E-state index in [1.807, 2.05) is 6.92 Å². The van der Waals surface area contributed by atoms with E-state index in [0.29, 0.717) is 13.0 Å². The Hall–Kier alpha value is -0.610. The van der Waals surface area contributed by atoms with Crippen molar-refractivity contribution in [2.75, 3.05) is 13.7 Å². The van der Waals surface area contributed by atoms with Gasteiger partial charge in [-0.15, -0.1) is 0 Å². The van der Waals surface area contributed by atoms with E-state index >= 15 is 0 Å². The summed E-state index contributed by atoms with van der Waals surface area (Å²) in [7, 11) is 1.66. The van der Waals surface area contributed by atoms with Gasteiger partial charge in [-0.05, 0) is 18.8 Å². The second-order valence-corrected chi connectivity index (χ2v) is 4.89. The van der Waals surface area contributed by atoms with E-state index in [-0.39, 0.29) is 23.9 Å². The van der Waals surface area contributed by atoms with Crippen LogP contribution in [-0.2, 0) is 9.53 Å². The minimum Gasteiger partial charge on any atom is -0.384 e. The molecule has 0 aliphatic heterocycles. The van der Waals surface area contributed by atoms with Crippen LogP contribution in [-0.4, -0.2) is 31.7 Å². The standard InChI is InChI=1S/C12H24N2O2/c1-9(8-16-2)7-12(15)14-11-6-4-3-5-10(11)13/h9-11H,3-8,13H2,1-2H3,(H,14,15)/t9?,10-,11-/m1/s1. The highest BCUT2D eigenvalue weighted by atomic mass is 16.5. The Morgan fingerprint density at radius 3 is 2.81 bits per heavy atom. The van der Waals surface area contributed by atoms with Crippen LogP contribution in [0.5, 0.6) is 0 Å². The maximum atomic E-state index is 11.7. The topological polar surface area (TPSA) is 64.3 Å². The molecule has 16 heavy (non-hydrogen) atoms. The van der Waals surface area contributed by atoms with E-state index in [1.54, 1.807) is 7.11 Å². The summed E-state index contributed by atoms with van der Waals surface area (Å²) in [5.41, 5.74) is 5.98. The number of methoxy groups -OCH3 is 1. The fourth-order valence-electron chi connectivity index (χ4n) is 2.26. The number of carbonyl (C=O) groups excluding carboxylic acids is 1. The number of hydrogen-bond acceptors (Lipinski definition) is 3. The summed E-state index contributed by atoms with van der Waals surface area (Å²) in [5.74, 6) is 0.372. The van der Waals surface area contributed by atoms with E-state index in [9.17, 15) is 4.79 Å². The van der Waals surface area contributed by atoms with Crippen molar-refractivity contribution < 1.29 is 9.53 Å². The van der Waals surface area contributed by atoms with Gasteiger partial charge >= 0.3 is 0 Å². The van der Waals surface area contributed by atoms with Crippen LogP contribution in [0.15, 0.2) is 0 Å². The van der Waals surface area contributed by atoms with E-state index in [0.717, 1.165) is 12.8 Å². The number of amides is 1. The van der Waals surface area contributed by atoms with Crippen LogP contribution >= 0.6 is 0 Å². The lowest BCUT2D eigenvalue weighted by atomic mass is 9.91. The van der Waals surface area contributed by atoms with E-state index in [4.69, 9.17) is 10.5 Å². The van der Waals surface area contributed by atoms with Crippen LogP contribution in [0.2, 0.25) is 0 Å². The van der Waals surface area contributed by atoms with Crippen molar-refractivity contribution in [3.8, 4) is 0 Å². The number of rotatable bonds is 5. The molecule has 3 N–H and O–H groups in total. The predicted molar refractivity (Wildman–Crippen MR) is 64.0 cm³/mol. The van der Waals surface area contributed by atoms with Gasteiger partial charge in [-0.1, -0.05) is 19.8 Å². The molecule has 1 rings (SSSR count). The first kappa shape index (κ1) is 13.5. The van der Waals surface area contributed by atoms with Gasteiger partial charge in [-0.2, -0.15) is 0 Å². The Morgan fingerprint density at radius 2 is 2.19 bits per heavy atom. The van der Waals surface area contributed by atoms with Gasteiger partial charge in [0.15, 0.2) is 0 Å². The maximum Gasteiger partial charge on any atom is 0.220 e. The Kier molecular flexibility index (Phi) is 5.77. The molecule has 0 bridgehead atoms. The second-order valence-electron chi connectivity index (χ2n) is 4.89. The molecule has 1 fully saturated rings. The largest absolute Gasteiger partial charge is 0.384 e. The molecule has 3 atom stereocenters. The number of nitrogens with two attached hydrogens (primary N) is 1. The molecule has 4 heteroatoms. The van der Waals surface area contributed by atoms with E-state index in [2.05, 4.69) is 5.32 Å². The monoisotopic (exact) mass is 228 g/mol. The van der Waals surface area contributed by atoms with Crippen LogP contribution in [0.1, 0.15) is 39.0 Å². The van der Waals surface area contributed by atoms with Crippen LogP contribution in [0.3, 0.4) is 0 Å². The molecule has 0 spiro atoms. The highest BCUT2D eigenvalue weighted by Crippen LogP contribution is 2.17. The maximum absolute atomic E-state index is 11.7. The molecule has 0 radical (unpaired) electrons. The third kappa shape index (κ3) is 4.49. The molecule has 94 valence electrons. The Balaban J connectivity index is 2.27. The number of nitrogens with one attached hydrogen (secondary N) is 1. The predicted octanol–water partition coefficient (Wildman–Crippen LogP) is 1.05. The molecule has 0 saturated heterocycles. The van der Waals surface area contributed by atoms with Gasteiger partial charge in [0.05, 0.1) is 0 Å². The first-order chi connectivity index (χ1) is 7.63. The van der Waals surface area contributed by atoms with Crippen LogP contribution < -0.4 is 11.1 Å². The van der Waals surface area contributed by atoms with Gasteiger partial charge in [0.1, 0.15) is 0 Å². The molecule has 0 aromatic heterocycles. The Bertz CT molecular complexity index is 221. The summed E-state index contributed by atoms with van der Waals surface area (Å²) in [4.78, 5) is 11.7. The third-order valence-electron chi connectivity index (χ3n) is 3.15. The van der Waals surface area contributed by atoms with Crippen molar-refractivity contribution in [2.45, 2.75) is 51.1 Å². The molecule has 1 unspecified atom stereocenters. The number of ether oxygens (including phenoxy) is 1. The molecule has 1 amide bonds. The second kappa shape index (κ2) is 6.86. The summed E-state index contributed by atoms with van der Waals surface area (Å²) < 4.78 is 5.01. The first-order valence-corrected chi connectivity index (χ1v) is 6.17. The van der Waals surface area contributed by atoms with Crippen LogP contribution in [0.25, 0.3) is 0 Å². The fourth-order valence-corrected chi connectivity index (χ4v) is 2.26. The first-order valence-electron chi connectivity index (χ1n) is 6.17. The highest BCUT2D eigenvalue weighted by Gasteiger charge is 2.23. The van der Waals surface area contributed by atoms with Gasteiger partial charge in [0, 0.05) is 32.2 Å². The highest BCUT2D eigenvalue weighted by molar-refractivity contribution is 5.76. The van der Waals surface area contributed by atoms with E-state index in [1.165, 1.54) is 12.8 Å². The molecular formula is C12H24N2O2. The number of hydrogen-bond donors (Lipinski definition) is 2. The lowest BCUT2D eigenvalue weighted by molar-refractivity contribution is -0.123. The van der Waals surface area contributed by atoms with Crippen molar-refractivity contribution in [1.82, 2.24) is 5.32 Å². The SMILES string of the molecule is COCC(C)CC(=O)N[C@@H]1CCCC[C@H]1N. The molecule has 1 aliphatic rings. The quantitative estimate of drug-likeness (QED) is 0.739. The molecule has 0 aromatic carbocycles. The average molecular weight is 228 g/mol. The minimum atomic E-state index is 0.104. The average Bonchev–Trinajstić information content (AvgIpc) is 2.21. The summed E-state index contributed by atoms with van der Waals surface area (Å²) in [6, 6.07) is 0.312. The minimum absolute atomic E-state index is 0.104. The smallest absolute Gasteiger partial charge is 0.220 e. The van der Waals surface area contributed by atoms with Crippen molar-refractivity contribution >= 4 is 5.91 Å². The lowest BCUT2D eigenvalue weighted by Crippen LogP contribution is -2.49. The normalized spacial score (nSPS) is 27.4. The van der Waals surface area contributed by atoms with Gasteiger partial charge in [-0.25, -0.2) is 0 Å². The number of carbonyl (C=O) groups is 1. The van der Waals surface area contributed by atoms with E-state index < -0.39 is 0 Å². The van der Waals surface area contributed by atoms with Crippen LogP contribution in [0.4, 0.5) is 0 Å². The Labute approximate surface area is 97.9 Å². The van der Waals surface area contributed by atoms with Crippen molar-refractivity contribution in [3.63, 3.8) is 0 Å². The third-order valence-corrected chi connectivity index (χ3v) is 3.15. The molecule has 4 nitrogen and oxygen atoms in total. The molecule has 0 aromatic rings. The van der Waals surface area contributed by atoms with Crippen molar-refractivity contribution in [2.24, 2.45) is 11.7 Å². The summed E-state index contributed by atoms with van der Waals surface area (Å²) in [6.07, 6.45) is 4.93. The van der Waals surface area contributed by atoms with Gasteiger partial charge in [0.2, 0.25) is 5.91 Å². The van der Waals surface area contributed by atoms with Crippen molar-refractivity contribution in [3.05, 3.63) is 0 Å². The van der Waals surface area contributed by atoms with Crippen molar-refractivity contribution in [1.29, 1.82) is 0 Å². The van der Waals surface area contributed by atoms with Crippen LogP contribution in [0, 0.1) is 5.92 Å². The molecule has 1 saturated carbocycles.